The van der Waals surface area contributed by atoms with E-state index in [1.165, 1.54) is 12.1 Å². The Morgan fingerprint density at radius 3 is 2.68 bits per heavy atom. The van der Waals surface area contributed by atoms with E-state index >= 15 is 0 Å². The van der Waals surface area contributed by atoms with Crippen molar-refractivity contribution < 1.29 is 18.7 Å². The monoisotopic (exact) mass is 269 g/mol. The number of rotatable bonds is 7. The maximum Gasteiger partial charge on any atom is 0.261 e. The molecule has 1 amide bonds. The van der Waals surface area contributed by atoms with Crippen LogP contribution in [0.25, 0.3) is 0 Å². The fourth-order valence-electron chi connectivity index (χ4n) is 1.64. The average molecular weight is 269 g/mol. The molecular weight excluding hydrogens is 249 g/mol. The van der Waals surface area contributed by atoms with Crippen molar-refractivity contribution in [2.75, 3.05) is 13.7 Å². The predicted molar refractivity (Wildman–Crippen MR) is 70.6 cm³/mol. The van der Waals surface area contributed by atoms with E-state index in [-0.39, 0.29) is 17.7 Å². The van der Waals surface area contributed by atoms with Gasteiger partial charge in [-0.25, -0.2) is 4.39 Å². The number of methoxy groups -OCH3 is 1. The van der Waals surface area contributed by atoms with E-state index in [0.29, 0.717) is 13.0 Å². The second-order valence-corrected chi connectivity index (χ2v) is 4.31. The summed E-state index contributed by atoms with van der Waals surface area (Å²) < 4.78 is 23.8. The van der Waals surface area contributed by atoms with E-state index in [2.05, 4.69) is 5.32 Å². The molecule has 0 unspecified atom stereocenters. The van der Waals surface area contributed by atoms with Crippen molar-refractivity contribution in [1.29, 1.82) is 0 Å². The number of nitrogens with one attached hydrogen (secondary N) is 1. The molecule has 0 saturated carbocycles. The Morgan fingerprint density at radius 1 is 1.42 bits per heavy atom. The summed E-state index contributed by atoms with van der Waals surface area (Å²) in [5.41, 5.74) is 0. The largest absolute Gasteiger partial charge is 0.478 e. The first-order valence-electron chi connectivity index (χ1n) is 6.29. The number of amides is 1. The number of benzene rings is 1. The molecule has 0 aliphatic rings. The maximum atomic E-state index is 13.5. The van der Waals surface area contributed by atoms with Crippen LogP contribution < -0.4 is 10.1 Å². The highest BCUT2D eigenvalue weighted by molar-refractivity contribution is 5.81. The van der Waals surface area contributed by atoms with Gasteiger partial charge in [0.1, 0.15) is 0 Å². The number of ether oxygens (including phenoxy) is 2. The molecule has 0 heterocycles. The minimum absolute atomic E-state index is 0.0869. The van der Waals surface area contributed by atoms with Crippen molar-refractivity contribution in [2.24, 2.45) is 0 Å². The minimum Gasteiger partial charge on any atom is -0.478 e. The summed E-state index contributed by atoms with van der Waals surface area (Å²) in [6, 6.07) is 5.92. The molecule has 106 valence electrons. The van der Waals surface area contributed by atoms with Crippen LogP contribution in [0.2, 0.25) is 0 Å². The van der Waals surface area contributed by atoms with Crippen LogP contribution in [0.3, 0.4) is 0 Å². The molecule has 0 fully saturated rings. The predicted octanol–water partition coefficient (Wildman–Crippen LogP) is 2.13. The quantitative estimate of drug-likeness (QED) is 0.825. The molecule has 5 heteroatoms. The molecule has 0 saturated heterocycles. The Morgan fingerprint density at radius 2 is 2.11 bits per heavy atom. The third-order valence-corrected chi connectivity index (χ3v) is 2.57. The molecule has 19 heavy (non-hydrogen) atoms. The van der Waals surface area contributed by atoms with Crippen LogP contribution in [-0.4, -0.2) is 31.8 Å². The van der Waals surface area contributed by atoms with Gasteiger partial charge in [0.2, 0.25) is 0 Å². The molecule has 1 aromatic carbocycles. The fourth-order valence-corrected chi connectivity index (χ4v) is 1.64. The van der Waals surface area contributed by atoms with Gasteiger partial charge in [0, 0.05) is 13.2 Å². The first kappa shape index (κ1) is 15.4. The summed E-state index contributed by atoms with van der Waals surface area (Å²) in [6.07, 6.45) is -0.254. The van der Waals surface area contributed by atoms with Crippen LogP contribution in [0.1, 0.15) is 20.3 Å². The SMILES string of the molecule is CC[C@@H](Oc1ccccc1F)C(=O)N[C@@H](C)COC. The Labute approximate surface area is 112 Å². The first-order chi connectivity index (χ1) is 9.08. The summed E-state index contributed by atoms with van der Waals surface area (Å²) in [7, 11) is 1.57. The van der Waals surface area contributed by atoms with Gasteiger partial charge in [0.15, 0.2) is 17.7 Å². The number of carbonyl (C=O) groups excluding carboxylic acids is 1. The molecular formula is C14H20FNO3. The third kappa shape index (κ3) is 4.87. The number of halogens is 1. The molecule has 0 spiro atoms. The molecule has 0 aliphatic heterocycles. The fraction of sp³-hybridized carbons (Fsp3) is 0.500. The van der Waals surface area contributed by atoms with Crippen molar-refractivity contribution in [3.63, 3.8) is 0 Å². The number of hydrogen-bond donors (Lipinski definition) is 1. The van der Waals surface area contributed by atoms with E-state index in [4.69, 9.17) is 9.47 Å². The summed E-state index contributed by atoms with van der Waals surface area (Å²) >= 11 is 0. The zero-order valence-electron chi connectivity index (χ0n) is 11.5. The first-order valence-corrected chi connectivity index (χ1v) is 6.29. The Balaban J connectivity index is 2.63. The van der Waals surface area contributed by atoms with E-state index in [1.807, 2.05) is 13.8 Å². The number of hydrogen-bond acceptors (Lipinski definition) is 3. The highest BCUT2D eigenvalue weighted by Gasteiger charge is 2.21. The van der Waals surface area contributed by atoms with Gasteiger partial charge in [-0.1, -0.05) is 19.1 Å². The molecule has 0 radical (unpaired) electrons. The lowest BCUT2D eigenvalue weighted by Gasteiger charge is -2.20. The van der Waals surface area contributed by atoms with Crippen LogP contribution in [0.5, 0.6) is 5.75 Å². The van der Waals surface area contributed by atoms with Crippen LogP contribution in [-0.2, 0) is 9.53 Å². The van der Waals surface area contributed by atoms with E-state index in [1.54, 1.807) is 19.2 Å². The normalized spacial score (nSPS) is 13.7. The van der Waals surface area contributed by atoms with Gasteiger partial charge in [-0.2, -0.15) is 0 Å². The van der Waals surface area contributed by atoms with Gasteiger partial charge >= 0.3 is 0 Å². The van der Waals surface area contributed by atoms with Crippen molar-refractivity contribution in [3.05, 3.63) is 30.1 Å². The molecule has 1 N–H and O–H groups in total. The van der Waals surface area contributed by atoms with Gasteiger partial charge < -0.3 is 14.8 Å². The lowest BCUT2D eigenvalue weighted by atomic mass is 10.2. The Bertz CT molecular complexity index is 411. The van der Waals surface area contributed by atoms with Crippen LogP contribution in [0.15, 0.2) is 24.3 Å². The van der Waals surface area contributed by atoms with E-state index < -0.39 is 11.9 Å². The van der Waals surface area contributed by atoms with Gasteiger partial charge in [-0.05, 0) is 25.5 Å². The molecule has 2 atom stereocenters. The maximum absolute atomic E-state index is 13.5. The van der Waals surface area contributed by atoms with Crippen LogP contribution in [0, 0.1) is 5.82 Å². The number of carbonyl (C=O) groups is 1. The molecule has 1 rings (SSSR count). The van der Waals surface area contributed by atoms with Gasteiger partial charge in [-0.3, -0.25) is 4.79 Å². The van der Waals surface area contributed by atoms with E-state index in [9.17, 15) is 9.18 Å². The summed E-state index contributed by atoms with van der Waals surface area (Å²) in [5.74, 6) is -0.655. The molecule has 0 aromatic heterocycles. The van der Waals surface area contributed by atoms with Crippen molar-refractivity contribution in [3.8, 4) is 5.75 Å². The summed E-state index contributed by atoms with van der Waals surface area (Å²) in [6.45, 7) is 4.06. The summed E-state index contributed by atoms with van der Waals surface area (Å²) in [4.78, 5) is 12.0. The molecule has 0 bridgehead atoms. The smallest absolute Gasteiger partial charge is 0.261 e. The third-order valence-electron chi connectivity index (χ3n) is 2.57. The highest BCUT2D eigenvalue weighted by atomic mass is 19.1. The molecule has 0 aliphatic carbocycles. The lowest BCUT2D eigenvalue weighted by Crippen LogP contribution is -2.44. The van der Waals surface area contributed by atoms with Gasteiger partial charge in [-0.15, -0.1) is 0 Å². The van der Waals surface area contributed by atoms with Gasteiger partial charge in [0.05, 0.1) is 6.61 Å². The second kappa shape index (κ2) is 7.74. The minimum atomic E-state index is -0.712. The Kier molecular flexibility index (Phi) is 6.29. The van der Waals surface area contributed by atoms with Crippen LogP contribution in [0.4, 0.5) is 4.39 Å². The molecule has 4 nitrogen and oxygen atoms in total. The highest BCUT2D eigenvalue weighted by Crippen LogP contribution is 2.18. The number of para-hydroxylation sites is 1. The van der Waals surface area contributed by atoms with Crippen molar-refractivity contribution in [1.82, 2.24) is 5.32 Å². The van der Waals surface area contributed by atoms with E-state index in [0.717, 1.165) is 0 Å². The average Bonchev–Trinajstić information content (AvgIpc) is 2.37. The zero-order valence-corrected chi connectivity index (χ0v) is 11.5. The Hall–Kier alpha value is -1.62. The van der Waals surface area contributed by atoms with Crippen LogP contribution >= 0.6 is 0 Å². The second-order valence-electron chi connectivity index (χ2n) is 4.31. The van der Waals surface area contributed by atoms with Crippen molar-refractivity contribution in [2.45, 2.75) is 32.4 Å². The summed E-state index contributed by atoms with van der Waals surface area (Å²) in [5, 5.41) is 2.76. The standard InChI is InChI=1S/C14H20FNO3/c1-4-12(14(17)16-10(2)9-18-3)19-13-8-6-5-7-11(13)15/h5-8,10,12H,4,9H2,1-3H3,(H,16,17)/t10-,12+/m0/s1. The van der Waals surface area contributed by atoms with Crippen molar-refractivity contribution >= 4 is 5.91 Å². The zero-order chi connectivity index (χ0) is 14.3. The lowest BCUT2D eigenvalue weighted by molar-refractivity contribution is -0.129. The van der Waals surface area contributed by atoms with Gasteiger partial charge in [0.25, 0.3) is 5.91 Å². The topological polar surface area (TPSA) is 47.6 Å². The molecule has 1 aromatic rings.